The Hall–Kier alpha value is -2.99. The number of nitrogens with zero attached hydrogens (tertiary/aromatic N) is 1. The number of aryl methyl sites for hydroxylation is 1. The summed E-state index contributed by atoms with van der Waals surface area (Å²) in [7, 11) is 1.45. The number of phenolic OH excluding ortho intramolecular Hbond substituents is 1. The summed E-state index contributed by atoms with van der Waals surface area (Å²) in [5.74, 6) is -0.0282. The average Bonchev–Trinajstić information content (AvgIpc) is 2.97. The number of amides is 1. The Balaban J connectivity index is 2.02. The second kappa shape index (κ2) is 7.12. The van der Waals surface area contributed by atoms with Crippen molar-refractivity contribution in [1.82, 2.24) is 4.90 Å². The normalized spacial score (nSPS) is 15.8. The Morgan fingerprint density at radius 1 is 1.24 bits per heavy atom. The van der Waals surface area contributed by atoms with Crippen LogP contribution in [0.25, 0.3) is 11.0 Å². The molecule has 0 saturated carbocycles. The molecule has 0 unspecified atom stereocenters. The van der Waals surface area contributed by atoms with Crippen molar-refractivity contribution < 1.29 is 19.1 Å². The van der Waals surface area contributed by atoms with Crippen molar-refractivity contribution in [2.24, 2.45) is 0 Å². The summed E-state index contributed by atoms with van der Waals surface area (Å²) in [5, 5.41) is 10.7. The SMILES string of the molecule is CCCN1C(=O)c2oc3cc(C)c(Cl)cc3c(=O)c2[C@H]1c1ccc(O)c(OC)c1. The summed E-state index contributed by atoms with van der Waals surface area (Å²) >= 11 is 6.23. The van der Waals surface area contributed by atoms with Crippen LogP contribution in [0.5, 0.6) is 11.5 Å². The van der Waals surface area contributed by atoms with Crippen molar-refractivity contribution in [3.63, 3.8) is 0 Å². The van der Waals surface area contributed by atoms with Gasteiger partial charge in [-0.3, -0.25) is 9.59 Å². The molecule has 1 amide bonds. The number of fused-ring (bicyclic) bond motifs is 2. The largest absolute Gasteiger partial charge is 0.504 e. The van der Waals surface area contributed by atoms with Crippen LogP contribution in [0.3, 0.4) is 0 Å². The summed E-state index contributed by atoms with van der Waals surface area (Å²) in [6.45, 7) is 4.22. The highest BCUT2D eigenvalue weighted by Gasteiger charge is 2.42. The number of phenols is 1. The van der Waals surface area contributed by atoms with Crippen molar-refractivity contribution in [2.45, 2.75) is 26.3 Å². The molecule has 7 heteroatoms. The molecule has 2 aromatic carbocycles. The van der Waals surface area contributed by atoms with Crippen molar-refractivity contribution in [2.75, 3.05) is 13.7 Å². The number of methoxy groups -OCH3 is 1. The highest BCUT2D eigenvalue weighted by molar-refractivity contribution is 6.32. The van der Waals surface area contributed by atoms with E-state index in [1.54, 1.807) is 29.2 Å². The van der Waals surface area contributed by atoms with Crippen molar-refractivity contribution in [1.29, 1.82) is 0 Å². The van der Waals surface area contributed by atoms with Crippen LogP contribution >= 0.6 is 11.6 Å². The molecule has 0 radical (unpaired) electrons. The van der Waals surface area contributed by atoms with Gasteiger partial charge in [0.15, 0.2) is 16.9 Å². The van der Waals surface area contributed by atoms with Crippen molar-refractivity contribution in [3.8, 4) is 11.5 Å². The van der Waals surface area contributed by atoms with Crippen LogP contribution in [0.4, 0.5) is 0 Å². The molecule has 1 aromatic heterocycles. The quantitative estimate of drug-likeness (QED) is 0.684. The summed E-state index contributed by atoms with van der Waals surface area (Å²) in [4.78, 5) is 28.2. The topological polar surface area (TPSA) is 80.0 Å². The van der Waals surface area contributed by atoms with Gasteiger partial charge in [0.25, 0.3) is 5.91 Å². The molecule has 1 atom stereocenters. The minimum absolute atomic E-state index is 0.0179. The zero-order valence-corrected chi connectivity index (χ0v) is 17.0. The molecule has 29 heavy (non-hydrogen) atoms. The van der Waals surface area contributed by atoms with E-state index in [9.17, 15) is 14.7 Å². The van der Waals surface area contributed by atoms with Crippen LogP contribution in [-0.2, 0) is 0 Å². The lowest BCUT2D eigenvalue weighted by molar-refractivity contribution is 0.0728. The zero-order valence-electron chi connectivity index (χ0n) is 16.3. The molecule has 0 saturated heterocycles. The number of hydrogen-bond donors (Lipinski definition) is 1. The van der Waals surface area contributed by atoms with Gasteiger partial charge in [-0.25, -0.2) is 0 Å². The van der Waals surface area contributed by atoms with Crippen LogP contribution in [0.1, 0.15) is 46.6 Å². The smallest absolute Gasteiger partial charge is 0.290 e. The summed E-state index contributed by atoms with van der Waals surface area (Å²) in [6, 6.07) is 7.43. The number of aromatic hydroxyl groups is 1. The molecule has 1 aliphatic rings. The van der Waals surface area contributed by atoms with Gasteiger partial charge in [0.05, 0.1) is 24.1 Å². The standard InChI is InChI=1S/C22H20ClNO5/c1-4-7-24-19(12-5-6-15(25)17(9-12)28-3)18-20(26)13-10-14(23)11(2)8-16(13)29-21(18)22(24)27/h5-6,8-10,19,25H,4,7H2,1-3H3/t19-/m1/s1. The number of carbonyl (C=O) groups excluding carboxylic acids is 1. The predicted octanol–water partition coefficient (Wildman–Crippen LogP) is 4.42. The molecule has 4 rings (SSSR count). The zero-order chi connectivity index (χ0) is 20.9. The van der Waals surface area contributed by atoms with Crippen LogP contribution in [-0.4, -0.2) is 29.6 Å². The third-order valence-corrected chi connectivity index (χ3v) is 5.64. The summed E-state index contributed by atoms with van der Waals surface area (Å²) in [6.07, 6.45) is 0.712. The lowest BCUT2D eigenvalue weighted by Gasteiger charge is -2.25. The van der Waals surface area contributed by atoms with Gasteiger partial charge in [-0.1, -0.05) is 24.6 Å². The predicted molar refractivity (Wildman–Crippen MR) is 110 cm³/mol. The highest BCUT2D eigenvalue weighted by atomic mass is 35.5. The van der Waals surface area contributed by atoms with Gasteiger partial charge in [-0.2, -0.15) is 0 Å². The van der Waals surface area contributed by atoms with Gasteiger partial charge >= 0.3 is 0 Å². The second-order valence-electron chi connectivity index (χ2n) is 7.10. The number of carbonyl (C=O) groups is 1. The molecule has 1 aliphatic heterocycles. The van der Waals surface area contributed by atoms with E-state index in [2.05, 4.69) is 0 Å². The third-order valence-electron chi connectivity index (χ3n) is 5.23. The average molecular weight is 414 g/mol. The van der Waals surface area contributed by atoms with Gasteiger partial charge in [-0.15, -0.1) is 0 Å². The fraction of sp³-hybridized carbons (Fsp3) is 0.273. The molecule has 2 heterocycles. The Labute approximate surface area is 172 Å². The van der Waals surface area contributed by atoms with E-state index in [4.69, 9.17) is 20.8 Å². The molecular weight excluding hydrogens is 394 g/mol. The van der Waals surface area contributed by atoms with Crippen molar-refractivity contribution >= 4 is 28.5 Å². The molecule has 3 aromatic rings. The molecule has 0 fully saturated rings. The number of hydrogen-bond acceptors (Lipinski definition) is 5. The fourth-order valence-electron chi connectivity index (χ4n) is 3.82. The van der Waals surface area contributed by atoms with Gasteiger partial charge in [-0.05, 0) is 48.7 Å². The molecular formula is C22H20ClNO5. The first-order chi connectivity index (χ1) is 13.9. The molecule has 6 nitrogen and oxygen atoms in total. The Kier molecular flexibility index (Phi) is 4.74. The first-order valence-corrected chi connectivity index (χ1v) is 9.69. The molecule has 0 bridgehead atoms. The highest BCUT2D eigenvalue weighted by Crippen LogP contribution is 2.41. The molecule has 0 spiro atoms. The van der Waals surface area contributed by atoms with E-state index in [1.165, 1.54) is 13.2 Å². The number of rotatable bonds is 4. The minimum Gasteiger partial charge on any atom is -0.504 e. The maximum absolute atomic E-state index is 13.4. The first-order valence-electron chi connectivity index (χ1n) is 9.32. The van der Waals surface area contributed by atoms with Crippen LogP contribution < -0.4 is 10.2 Å². The summed E-state index contributed by atoms with van der Waals surface area (Å²) < 4.78 is 11.1. The van der Waals surface area contributed by atoms with E-state index in [0.29, 0.717) is 34.5 Å². The maximum Gasteiger partial charge on any atom is 0.290 e. The monoisotopic (exact) mass is 413 g/mol. The van der Waals surface area contributed by atoms with E-state index in [0.717, 1.165) is 5.56 Å². The van der Waals surface area contributed by atoms with Crippen LogP contribution in [0.15, 0.2) is 39.5 Å². The number of halogens is 1. The van der Waals surface area contributed by atoms with E-state index in [1.807, 2.05) is 13.8 Å². The van der Waals surface area contributed by atoms with Crippen LogP contribution in [0, 0.1) is 6.92 Å². The van der Waals surface area contributed by atoms with E-state index >= 15 is 0 Å². The number of benzene rings is 2. The second-order valence-corrected chi connectivity index (χ2v) is 7.51. The number of ether oxygens (including phenoxy) is 1. The maximum atomic E-state index is 13.4. The van der Waals surface area contributed by atoms with Crippen molar-refractivity contribution in [3.05, 3.63) is 68.0 Å². The van der Waals surface area contributed by atoms with Crippen LogP contribution in [0.2, 0.25) is 5.02 Å². The fourth-order valence-corrected chi connectivity index (χ4v) is 3.99. The van der Waals surface area contributed by atoms with E-state index < -0.39 is 6.04 Å². The lowest BCUT2D eigenvalue weighted by atomic mass is 9.97. The Morgan fingerprint density at radius 2 is 2.00 bits per heavy atom. The Bertz CT molecular complexity index is 1200. The van der Waals surface area contributed by atoms with E-state index in [-0.39, 0.29) is 34.2 Å². The first kappa shape index (κ1) is 19.3. The minimum atomic E-state index is -0.632. The summed E-state index contributed by atoms with van der Waals surface area (Å²) in [5.41, 5.74) is 1.75. The van der Waals surface area contributed by atoms with Gasteiger partial charge in [0, 0.05) is 11.6 Å². The van der Waals surface area contributed by atoms with Gasteiger partial charge < -0.3 is 19.2 Å². The lowest BCUT2D eigenvalue weighted by Crippen LogP contribution is -2.30. The molecule has 0 aliphatic carbocycles. The molecule has 1 N–H and O–H groups in total. The molecule has 150 valence electrons. The van der Waals surface area contributed by atoms with Gasteiger partial charge in [0.1, 0.15) is 5.58 Å². The van der Waals surface area contributed by atoms with Gasteiger partial charge in [0.2, 0.25) is 5.76 Å². The Morgan fingerprint density at radius 3 is 2.69 bits per heavy atom. The third kappa shape index (κ3) is 2.95.